The summed E-state index contributed by atoms with van der Waals surface area (Å²) >= 11 is 0. The first kappa shape index (κ1) is 31.2. The Morgan fingerprint density at radius 1 is 0.469 bits per heavy atom. The van der Waals surface area contributed by atoms with Crippen molar-refractivity contribution in [2.24, 2.45) is 0 Å². The zero-order chi connectivity index (χ0) is 23.4. The van der Waals surface area contributed by atoms with Crippen LogP contribution in [0, 0.1) is 0 Å². The topological polar surface area (TPSA) is 37.3 Å². The Morgan fingerprint density at radius 2 is 0.750 bits per heavy atom. The van der Waals surface area contributed by atoms with Crippen LogP contribution in [0.25, 0.3) is 0 Å². The largest absolute Gasteiger partial charge is 0.481 e. The fraction of sp³-hybridized carbons (Fsp3) is 0.900. The summed E-state index contributed by atoms with van der Waals surface area (Å²) in [5, 5.41) is 8.58. The van der Waals surface area contributed by atoms with E-state index in [1.165, 1.54) is 141 Å². The summed E-state index contributed by atoms with van der Waals surface area (Å²) < 4.78 is 0. The van der Waals surface area contributed by atoms with Crippen molar-refractivity contribution in [1.29, 1.82) is 0 Å². The van der Waals surface area contributed by atoms with Gasteiger partial charge in [0.1, 0.15) is 0 Å². The number of unbranched alkanes of at least 4 members (excludes halogenated alkanes) is 23. The van der Waals surface area contributed by atoms with Crippen molar-refractivity contribution < 1.29 is 9.90 Å². The Bertz CT molecular complexity index is 388. The van der Waals surface area contributed by atoms with Gasteiger partial charge in [0.05, 0.1) is 0 Å². The molecule has 0 amide bonds. The highest BCUT2D eigenvalue weighted by Crippen LogP contribution is 2.15. The number of aliphatic carboxylic acids is 1. The SMILES string of the molecule is CCCCCCCCCCCCCCCCCCCCCCCCC=CCCCC(=O)O. The minimum Gasteiger partial charge on any atom is -0.481 e. The summed E-state index contributed by atoms with van der Waals surface area (Å²) in [6, 6.07) is 0. The molecule has 0 atom stereocenters. The van der Waals surface area contributed by atoms with Crippen molar-refractivity contribution in [2.75, 3.05) is 0 Å². The van der Waals surface area contributed by atoms with Gasteiger partial charge in [0.25, 0.3) is 0 Å². The van der Waals surface area contributed by atoms with E-state index < -0.39 is 5.97 Å². The third-order valence-corrected chi connectivity index (χ3v) is 6.65. The Labute approximate surface area is 202 Å². The molecular formula is C30H58O2. The molecule has 0 heterocycles. The number of carbonyl (C=O) groups is 1. The van der Waals surface area contributed by atoms with Crippen LogP contribution < -0.4 is 0 Å². The van der Waals surface area contributed by atoms with Crippen molar-refractivity contribution in [3.05, 3.63) is 12.2 Å². The molecule has 0 bridgehead atoms. The summed E-state index contributed by atoms with van der Waals surface area (Å²) in [7, 11) is 0. The second kappa shape index (κ2) is 28.2. The Balaban J connectivity index is 3.05. The van der Waals surface area contributed by atoms with Gasteiger partial charge in [-0.1, -0.05) is 154 Å². The van der Waals surface area contributed by atoms with E-state index in [2.05, 4.69) is 19.1 Å². The molecule has 0 aliphatic heterocycles. The molecule has 0 fully saturated rings. The van der Waals surface area contributed by atoms with Crippen LogP contribution >= 0.6 is 0 Å². The third kappa shape index (κ3) is 29.2. The van der Waals surface area contributed by atoms with Crippen molar-refractivity contribution in [3.63, 3.8) is 0 Å². The molecule has 2 heteroatoms. The lowest BCUT2D eigenvalue weighted by Gasteiger charge is -2.04. The summed E-state index contributed by atoms with van der Waals surface area (Å²) in [4.78, 5) is 10.4. The molecule has 0 radical (unpaired) electrons. The van der Waals surface area contributed by atoms with Crippen molar-refractivity contribution in [3.8, 4) is 0 Å². The summed E-state index contributed by atoms with van der Waals surface area (Å²) in [6.07, 6.45) is 39.1. The summed E-state index contributed by atoms with van der Waals surface area (Å²) in [5.41, 5.74) is 0. The molecular weight excluding hydrogens is 392 g/mol. The molecule has 1 N–H and O–H groups in total. The van der Waals surface area contributed by atoms with E-state index in [1.807, 2.05) is 0 Å². The van der Waals surface area contributed by atoms with Crippen LogP contribution in [0.5, 0.6) is 0 Å². The average molecular weight is 451 g/mol. The van der Waals surface area contributed by atoms with Crippen LogP contribution in [0.1, 0.15) is 174 Å². The monoisotopic (exact) mass is 450 g/mol. The highest BCUT2D eigenvalue weighted by Gasteiger charge is 1.96. The molecule has 190 valence electrons. The first-order chi connectivity index (χ1) is 15.8. The Morgan fingerprint density at radius 3 is 1.06 bits per heavy atom. The fourth-order valence-corrected chi connectivity index (χ4v) is 4.48. The Kier molecular flexibility index (Phi) is 27.5. The standard InChI is InChI=1S/C30H58O2/c1-2-3-4-5-6-7-8-9-10-11-12-13-14-15-16-17-18-19-20-21-22-23-24-25-26-27-28-29-30(31)32/h25-26H,2-24,27-29H2,1H3,(H,31,32). The van der Waals surface area contributed by atoms with E-state index in [0.717, 1.165) is 19.3 Å². The highest BCUT2D eigenvalue weighted by molar-refractivity contribution is 5.66. The maximum Gasteiger partial charge on any atom is 0.303 e. The number of carboxylic acid groups (broad SMARTS) is 1. The molecule has 32 heavy (non-hydrogen) atoms. The minimum atomic E-state index is -0.682. The highest BCUT2D eigenvalue weighted by atomic mass is 16.4. The fourth-order valence-electron chi connectivity index (χ4n) is 4.48. The molecule has 0 spiro atoms. The molecule has 0 aromatic heterocycles. The predicted molar refractivity (Wildman–Crippen MR) is 142 cm³/mol. The predicted octanol–water partition coefficient (Wildman–Crippen LogP) is 10.8. The maximum absolute atomic E-state index is 10.4. The van der Waals surface area contributed by atoms with Crippen molar-refractivity contribution >= 4 is 5.97 Å². The van der Waals surface area contributed by atoms with E-state index >= 15 is 0 Å². The molecule has 0 aromatic carbocycles. The first-order valence-corrected chi connectivity index (χ1v) is 14.6. The average Bonchev–Trinajstić information content (AvgIpc) is 2.78. The molecule has 0 aliphatic rings. The van der Waals surface area contributed by atoms with Crippen LogP contribution in [-0.4, -0.2) is 11.1 Å². The van der Waals surface area contributed by atoms with E-state index in [-0.39, 0.29) is 0 Å². The molecule has 0 unspecified atom stereocenters. The number of carboxylic acids is 1. The second-order valence-corrected chi connectivity index (χ2v) is 9.97. The van der Waals surface area contributed by atoms with Gasteiger partial charge in [0.2, 0.25) is 0 Å². The van der Waals surface area contributed by atoms with Crippen LogP contribution in [0.15, 0.2) is 12.2 Å². The van der Waals surface area contributed by atoms with Crippen LogP contribution in [0.2, 0.25) is 0 Å². The lowest BCUT2D eigenvalue weighted by molar-refractivity contribution is -0.137. The number of hydrogen-bond donors (Lipinski definition) is 1. The van der Waals surface area contributed by atoms with Gasteiger partial charge in [-0.2, -0.15) is 0 Å². The zero-order valence-corrected chi connectivity index (χ0v) is 21.9. The number of allylic oxidation sites excluding steroid dienone is 2. The van der Waals surface area contributed by atoms with Gasteiger partial charge in [0.15, 0.2) is 0 Å². The maximum atomic E-state index is 10.4. The van der Waals surface area contributed by atoms with Crippen LogP contribution in [-0.2, 0) is 4.79 Å². The minimum absolute atomic E-state index is 0.295. The molecule has 0 saturated carbocycles. The van der Waals surface area contributed by atoms with Crippen LogP contribution in [0.4, 0.5) is 0 Å². The zero-order valence-electron chi connectivity index (χ0n) is 21.9. The van der Waals surface area contributed by atoms with Gasteiger partial charge in [-0.25, -0.2) is 0 Å². The molecule has 0 rings (SSSR count). The molecule has 0 saturated heterocycles. The third-order valence-electron chi connectivity index (χ3n) is 6.65. The van der Waals surface area contributed by atoms with Gasteiger partial charge in [-0.15, -0.1) is 0 Å². The van der Waals surface area contributed by atoms with Crippen LogP contribution in [0.3, 0.4) is 0 Å². The first-order valence-electron chi connectivity index (χ1n) is 14.6. The number of hydrogen-bond acceptors (Lipinski definition) is 1. The van der Waals surface area contributed by atoms with Crippen molar-refractivity contribution in [1.82, 2.24) is 0 Å². The van der Waals surface area contributed by atoms with Gasteiger partial charge in [-0.3, -0.25) is 4.79 Å². The summed E-state index contributed by atoms with van der Waals surface area (Å²) in [6.45, 7) is 2.29. The number of rotatable bonds is 27. The molecule has 2 nitrogen and oxygen atoms in total. The lowest BCUT2D eigenvalue weighted by Crippen LogP contribution is -1.92. The van der Waals surface area contributed by atoms with E-state index in [0.29, 0.717) is 6.42 Å². The van der Waals surface area contributed by atoms with Gasteiger partial charge < -0.3 is 5.11 Å². The van der Waals surface area contributed by atoms with Crippen molar-refractivity contribution in [2.45, 2.75) is 174 Å². The van der Waals surface area contributed by atoms with E-state index in [4.69, 9.17) is 5.11 Å². The normalized spacial score (nSPS) is 11.5. The summed E-state index contributed by atoms with van der Waals surface area (Å²) in [5.74, 6) is -0.682. The molecule has 0 aliphatic carbocycles. The van der Waals surface area contributed by atoms with Gasteiger partial charge in [-0.05, 0) is 25.7 Å². The van der Waals surface area contributed by atoms with Gasteiger partial charge in [0, 0.05) is 6.42 Å². The van der Waals surface area contributed by atoms with E-state index in [9.17, 15) is 4.79 Å². The smallest absolute Gasteiger partial charge is 0.303 e. The van der Waals surface area contributed by atoms with E-state index in [1.54, 1.807) is 0 Å². The quantitative estimate of drug-likeness (QED) is 0.0997. The van der Waals surface area contributed by atoms with Gasteiger partial charge >= 0.3 is 5.97 Å². The second-order valence-electron chi connectivity index (χ2n) is 9.97. The Hall–Kier alpha value is -0.790. The molecule has 0 aromatic rings. The lowest BCUT2D eigenvalue weighted by atomic mass is 10.0.